The number of nitrogens with one attached hydrogen (secondary N) is 1. The van der Waals surface area contributed by atoms with Gasteiger partial charge in [-0.05, 0) is 6.92 Å². The minimum absolute atomic E-state index is 0.519. The lowest BCUT2D eigenvalue weighted by Crippen LogP contribution is -2.09. The largest absolute Gasteiger partial charge is 0.394 e. The monoisotopic (exact) mass is 219 g/mol. The van der Waals surface area contributed by atoms with E-state index in [9.17, 15) is 0 Å². The first kappa shape index (κ1) is 10.3. The topological polar surface area (TPSA) is 94.5 Å². The molecule has 0 aliphatic rings. The van der Waals surface area contributed by atoms with Crippen molar-refractivity contribution in [2.75, 3.05) is 11.1 Å². The Hall–Kier alpha value is -2.18. The van der Waals surface area contributed by atoms with Gasteiger partial charge in [0.15, 0.2) is 11.6 Å². The summed E-state index contributed by atoms with van der Waals surface area (Å²) in [7, 11) is 0. The highest BCUT2D eigenvalue weighted by molar-refractivity contribution is 5.58. The van der Waals surface area contributed by atoms with Crippen LogP contribution in [0.25, 0.3) is 0 Å². The normalized spacial score (nSPS) is 10.3. The minimum atomic E-state index is 0.519. The van der Waals surface area contributed by atoms with E-state index in [1.54, 1.807) is 12.5 Å². The van der Waals surface area contributed by atoms with Crippen LogP contribution in [0, 0.1) is 0 Å². The summed E-state index contributed by atoms with van der Waals surface area (Å²) >= 11 is 0. The lowest BCUT2D eigenvalue weighted by molar-refractivity contribution is 0.707. The fourth-order valence-corrected chi connectivity index (χ4v) is 1.33. The van der Waals surface area contributed by atoms with E-state index in [0.717, 1.165) is 12.4 Å². The molecule has 7 nitrogen and oxygen atoms in total. The van der Waals surface area contributed by atoms with Crippen LogP contribution in [0.5, 0.6) is 0 Å². The fourth-order valence-electron chi connectivity index (χ4n) is 1.33. The van der Waals surface area contributed by atoms with Crippen LogP contribution in [0.15, 0.2) is 18.9 Å². The van der Waals surface area contributed by atoms with E-state index in [2.05, 4.69) is 25.5 Å². The molecule has 0 bridgehead atoms. The number of anilines is 2. The quantitative estimate of drug-likeness (QED) is 0.767. The molecule has 2 heterocycles. The third-order valence-electron chi connectivity index (χ3n) is 2.19. The average Bonchev–Trinajstić information content (AvgIpc) is 2.75. The third-order valence-corrected chi connectivity index (χ3v) is 2.19. The summed E-state index contributed by atoms with van der Waals surface area (Å²) in [5.74, 6) is 1.46. The molecule has 16 heavy (non-hydrogen) atoms. The first-order valence-electron chi connectivity index (χ1n) is 4.97. The molecule has 84 valence electrons. The summed E-state index contributed by atoms with van der Waals surface area (Å²) < 4.78 is 1.95. The van der Waals surface area contributed by atoms with Crippen LogP contribution in [0.2, 0.25) is 0 Å². The molecule has 2 aromatic heterocycles. The van der Waals surface area contributed by atoms with Crippen molar-refractivity contribution in [3.8, 4) is 0 Å². The number of aromatic nitrogens is 5. The molecule has 0 spiro atoms. The van der Waals surface area contributed by atoms with E-state index in [0.29, 0.717) is 18.1 Å². The zero-order valence-corrected chi connectivity index (χ0v) is 8.96. The Balaban J connectivity index is 2.05. The zero-order valence-electron chi connectivity index (χ0n) is 8.96. The number of hydrogen-bond donors (Lipinski definition) is 2. The smallest absolute Gasteiger partial charge is 0.153 e. The van der Waals surface area contributed by atoms with Crippen LogP contribution in [-0.4, -0.2) is 24.7 Å². The molecule has 7 heteroatoms. The Morgan fingerprint density at radius 1 is 1.50 bits per heavy atom. The van der Waals surface area contributed by atoms with Crippen LogP contribution in [0.1, 0.15) is 12.7 Å². The first-order valence-corrected chi connectivity index (χ1v) is 4.97. The Morgan fingerprint density at radius 3 is 3.12 bits per heavy atom. The van der Waals surface area contributed by atoms with Gasteiger partial charge in [0.05, 0.1) is 18.4 Å². The second-order valence-corrected chi connectivity index (χ2v) is 3.21. The molecular formula is C9H13N7. The van der Waals surface area contributed by atoms with Gasteiger partial charge in [-0.2, -0.15) is 0 Å². The number of aryl methyl sites for hydroxylation is 1. The molecule has 2 rings (SSSR count). The van der Waals surface area contributed by atoms with Crippen LogP contribution in [0.4, 0.5) is 11.5 Å². The molecule has 2 aromatic rings. The van der Waals surface area contributed by atoms with Crippen LogP contribution >= 0.6 is 0 Å². The van der Waals surface area contributed by atoms with Gasteiger partial charge in [0.2, 0.25) is 0 Å². The van der Waals surface area contributed by atoms with Crippen LogP contribution < -0.4 is 11.1 Å². The van der Waals surface area contributed by atoms with Crippen molar-refractivity contribution < 1.29 is 0 Å². The van der Waals surface area contributed by atoms with E-state index in [-0.39, 0.29) is 0 Å². The van der Waals surface area contributed by atoms with Gasteiger partial charge in [-0.3, -0.25) is 0 Å². The lowest BCUT2D eigenvalue weighted by atomic mass is 10.4. The van der Waals surface area contributed by atoms with Gasteiger partial charge in [-0.1, -0.05) is 0 Å². The number of nitrogen functional groups attached to an aromatic ring is 1. The molecule has 0 atom stereocenters. The van der Waals surface area contributed by atoms with Gasteiger partial charge in [-0.15, -0.1) is 10.2 Å². The van der Waals surface area contributed by atoms with E-state index < -0.39 is 0 Å². The average molecular weight is 219 g/mol. The van der Waals surface area contributed by atoms with Gasteiger partial charge < -0.3 is 15.6 Å². The molecule has 0 unspecified atom stereocenters. The number of hydrogen-bond acceptors (Lipinski definition) is 6. The Bertz CT molecular complexity index is 464. The zero-order chi connectivity index (χ0) is 11.4. The molecule has 0 saturated carbocycles. The van der Waals surface area contributed by atoms with Crippen molar-refractivity contribution in [2.24, 2.45) is 0 Å². The summed E-state index contributed by atoms with van der Waals surface area (Å²) in [5.41, 5.74) is 6.22. The van der Waals surface area contributed by atoms with Gasteiger partial charge >= 0.3 is 0 Å². The first-order chi connectivity index (χ1) is 7.81. The van der Waals surface area contributed by atoms with Crippen molar-refractivity contribution in [3.63, 3.8) is 0 Å². The lowest BCUT2D eigenvalue weighted by Gasteiger charge is -2.07. The second kappa shape index (κ2) is 4.56. The SMILES string of the molecule is CCn1cnnc1CNc1ncncc1N. The third kappa shape index (κ3) is 2.08. The predicted molar refractivity (Wildman–Crippen MR) is 59.5 cm³/mol. The van der Waals surface area contributed by atoms with Crippen molar-refractivity contribution in [1.29, 1.82) is 0 Å². The van der Waals surface area contributed by atoms with E-state index in [1.807, 2.05) is 11.5 Å². The fraction of sp³-hybridized carbons (Fsp3) is 0.333. The molecule has 0 aromatic carbocycles. The number of nitrogens with two attached hydrogens (primary N) is 1. The standard InChI is InChI=1S/C9H13N7/c1-2-16-6-14-15-8(16)4-12-9-7(10)3-11-5-13-9/h3,5-6H,2,4,10H2,1H3,(H,11,12,13). The van der Waals surface area contributed by atoms with Crippen molar-refractivity contribution >= 4 is 11.5 Å². The van der Waals surface area contributed by atoms with Crippen LogP contribution in [0.3, 0.4) is 0 Å². The second-order valence-electron chi connectivity index (χ2n) is 3.21. The summed E-state index contributed by atoms with van der Waals surface area (Å²) in [6.07, 6.45) is 4.70. The van der Waals surface area contributed by atoms with Gasteiger partial charge in [0.25, 0.3) is 0 Å². The molecular weight excluding hydrogens is 206 g/mol. The Labute approximate surface area is 92.7 Å². The highest BCUT2D eigenvalue weighted by Crippen LogP contribution is 2.12. The number of rotatable bonds is 4. The molecule has 0 aliphatic heterocycles. The molecule has 0 aliphatic carbocycles. The summed E-state index contributed by atoms with van der Waals surface area (Å²) in [6.45, 7) is 3.41. The van der Waals surface area contributed by atoms with E-state index in [1.165, 1.54) is 6.33 Å². The number of nitrogens with zero attached hydrogens (tertiary/aromatic N) is 5. The maximum absolute atomic E-state index is 5.70. The molecule has 0 saturated heterocycles. The van der Waals surface area contributed by atoms with Crippen molar-refractivity contribution in [2.45, 2.75) is 20.0 Å². The Kier molecular flexibility index (Phi) is 2.95. The Morgan fingerprint density at radius 2 is 2.38 bits per heavy atom. The minimum Gasteiger partial charge on any atom is -0.394 e. The molecule has 3 N–H and O–H groups in total. The van der Waals surface area contributed by atoms with E-state index >= 15 is 0 Å². The highest BCUT2D eigenvalue weighted by atomic mass is 15.3. The molecule has 0 radical (unpaired) electrons. The molecule has 0 fully saturated rings. The van der Waals surface area contributed by atoms with Gasteiger partial charge in [0, 0.05) is 6.54 Å². The van der Waals surface area contributed by atoms with Gasteiger partial charge in [-0.25, -0.2) is 9.97 Å². The predicted octanol–water partition coefficient (Wildman–Crippen LogP) is 0.282. The molecule has 0 amide bonds. The van der Waals surface area contributed by atoms with Crippen molar-refractivity contribution in [1.82, 2.24) is 24.7 Å². The maximum atomic E-state index is 5.70. The van der Waals surface area contributed by atoms with Crippen LogP contribution in [-0.2, 0) is 13.1 Å². The maximum Gasteiger partial charge on any atom is 0.153 e. The van der Waals surface area contributed by atoms with Crippen molar-refractivity contribution in [3.05, 3.63) is 24.7 Å². The summed E-state index contributed by atoms with van der Waals surface area (Å²) in [6, 6.07) is 0. The van der Waals surface area contributed by atoms with Gasteiger partial charge in [0.1, 0.15) is 12.7 Å². The highest BCUT2D eigenvalue weighted by Gasteiger charge is 2.04. The van der Waals surface area contributed by atoms with E-state index in [4.69, 9.17) is 5.73 Å². The summed E-state index contributed by atoms with van der Waals surface area (Å²) in [5, 5.41) is 10.9. The summed E-state index contributed by atoms with van der Waals surface area (Å²) in [4.78, 5) is 7.84.